The monoisotopic (exact) mass is 294 g/mol. The topological polar surface area (TPSA) is 98.3 Å². The van der Waals surface area contributed by atoms with Crippen LogP contribution in [0.2, 0.25) is 0 Å². The van der Waals surface area contributed by atoms with E-state index in [1.165, 1.54) is 0 Å². The number of aliphatic carboxylic acids is 1. The van der Waals surface area contributed by atoms with Crippen molar-refractivity contribution >= 4 is 17.8 Å². The second kappa shape index (κ2) is 11.1. The first-order valence-corrected chi connectivity index (χ1v) is 6.63. The van der Waals surface area contributed by atoms with Crippen LogP contribution in [0.15, 0.2) is 0 Å². The van der Waals surface area contributed by atoms with E-state index in [0.717, 1.165) is 0 Å². The van der Waals surface area contributed by atoms with Crippen molar-refractivity contribution in [3.8, 4) is 0 Å². The number of amides is 2. The smallest absolute Gasteiger partial charge is 0.550 e. The Balaban J connectivity index is 0. The molecule has 0 fully saturated rings. The normalized spacial score (nSPS) is 14.4. The molecule has 0 spiro atoms. The number of carbonyl (C=O) groups excluding carboxylic acids is 3. The van der Waals surface area contributed by atoms with Gasteiger partial charge in [0.1, 0.15) is 0 Å². The Labute approximate surface area is 142 Å². The molecule has 0 aromatic rings. The van der Waals surface area contributed by atoms with Crippen LogP contribution in [0.3, 0.4) is 0 Å². The van der Waals surface area contributed by atoms with Gasteiger partial charge in [-0.3, -0.25) is 20.4 Å². The molecule has 0 aromatic heterocycles. The molecule has 2 N–H and O–H groups in total. The summed E-state index contributed by atoms with van der Waals surface area (Å²) in [5, 5.41) is 10.8. The second-order valence-corrected chi connectivity index (χ2v) is 4.85. The van der Waals surface area contributed by atoms with Gasteiger partial charge in [-0.25, -0.2) is 0 Å². The van der Waals surface area contributed by atoms with E-state index in [1.807, 2.05) is 6.92 Å². The maximum Gasteiger partial charge on any atom is 1.00 e. The minimum absolute atomic E-state index is 0. The fourth-order valence-electron chi connectivity index (χ4n) is 1.52. The van der Waals surface area contributed by atoms with Crippen molar-refractivity contribution in [3.63, 3.8) is 0 Å². The quantitative estimate of drug-likeness (QED) is 0.386. The molecule has 110 valence electrons. The molecule has 0 saturated carbocycles. The summed E-state index contributed by atoms with van der Waals surface area (Å²) in [6.45, 7) is 6.99. The number of hydrogen-bond acceptors (Lipinski definition) is 4. The van der Waals surface area contributed by atoms with Crippen molar-refractivity contribution < 1.29 is 49.0 Å². The predicted octanol–water partition coefficient (Wildman–Crippen LogP) is -3.01. The second-order valence-electron chi connectivity index (χ2n) is 4.85. The Kier molecular flexibility index (Phi) is 12.1. The number of nitrogens with one attached hydrogen (secondary N) is 2. The molecule has 0 saturated heterocycles. The van der Waals surface area contributed by atoms with Gasteiger partial charge in [-0.1, -0.05) is 27.7 Å². The zero-order chi connectivity index (χ0) is 15.0. The number of carboxylic acid groups (broad SMARTS) is 1. The molecule has 0 aliphatic carbocycles. The van der Waals surface area contributed by atoms with Crippen LogP contribution in [0, 0.1) is 17.8 Å². The first-order valence-electron chi connectivity index (χ1n) is 6.63. The van der Waals surface area contributed by atoms with Gasteiger partial charge in [0.15, 0.2) is 0 Å². The zero-order valence-electron chi connectivity index (χ0n) is 13.0. The Morgan fingerprint density at radius 2 is 1.40 bits per heavy atom. The third kappa shape index (κ3) is 7.87. The molecule has 3 atom stereocenters. The van der Waals surface area contributed by atoms with E-state index in [4.69, 9.17) is 0 Å². The van der Waals surface area contributed by atoms with Gasteiger partial charge in [-0.15, -0.1) is 0 Å². The van der Waals surface area contributed by atoms with Gasteiger partial charge in [-0.05, 0) is 25.2 Å². The summed E-state index contributed by atoms with van der Waals surface area (Å²) < 4.78 is 0. The van der Waals surface area contributed by atoms with Crippen LogP contribution in [-0.2, 0) is 14.4 Å². The van der Waals surface area contributed by atoms with Crippen LogP contribution in [-0.4, -0.2) is 17.8 Å². The van der Waals surface area contributed by atoms with Crippen molar-refractivity contribution in [1.82, 2.24) is 10.9 Å². The van der Waals surface area contributed by atoms with E-state index < -0.39 is 23.7 Å². The molecule has 2 amide bonds. The molecule has 0 rings (SSSR count). The van der Waals surface area contributed by atoms with Crippen LogP contribution in [0.1, 0.15) is 47.0 Å². The van der Waals surface area contributed by atoms with Crippen molar-refractivity contribution in [2.24, 2.45) is 17.8 Å². The minimum Gasteiger partial charge on any atom is -0.550 e. The molecule has 0 aromatic carbocycles. The van der Waals surface area contributed by atoms with Gasteiger partial charge >= 0.3 is 29.6 Å². The zero-order valence-corrected chi connectivity index (χ0v) is 15.0. The van der Waals surface area contributed by atoms with E-state index in [9.17, 15) is 19.5 Å². The summed E-state index contributed by atoms with van der Waals surface area (Å²) in [6.07, 6.45) is 1.29. The van der Waals surface area contributed by atoms with Crippen molar-refractivity contribution in [3.05, 3.63) is 0 Å². The number of carbonyl (C=O) groups is 3. The van der Waals surface area contributed by atoms with E-state index in [-0.39, 0.29) is 47.8 Å². The SMILES string of the molecule is CCC(C)C(=O)NNC(=O)C(C)CC(CC)C(=O)[O-].[Na+]. The molecular weight excluding hydrogens is 271 g/mol. The fraction of sp³-hybridized carbons (Fsp3) is 0.769. The van der Waals surface area contributed by atoms with Crippen LogP contribution >= 0.6 is 0 Å². The molecule has 20 heavy (non-hydrogen) atoms. The Morgan fingerprint density at radius 1 is 0.950 bits per heavy atom. The van der Waals surface area contributed by atoms with E-state index in [2.05, 4.69) is 10.9 Å². The maximum absolute atomic E-state index is 11.7. The molecule has 0 radical (unpaired) electrons. The van der Waals surface area contributed by atoms with Crippen molar-refractivity contribution in [2.75, 3.05) is 0 Å². The number of hydrogen-bond donors (Lipinski definition) is 2. The summed E-state index contributed by atoms with van der Waals surface area (Å²) in [6, 6.07) is 0. The Hall–Kier alpha value is -0.590. The summed E-state index contributed by atoms with van der Waals surface area (Å²) in [5.74, 6) is -3.12. The van der Waals surface area contributed by atoms with E-state index >= 15 is 0 Å². The summed E-state index contributed by atoms with van der Waals surface area (Å²) in [7, 11) is 0. The van der Waals surface area contributed by atoms with Gasteiger partial charge in [0.25, 0.3) is 0 Å². The number of rotatable bonds is 7. The largest absolute Gasteiger partial charge is 1.00 e. The molecular formula is C13H23N2NaO4. The standard InChI is InChI=1S/C13H24N2O4.Na/c1-5-8(3)11(16)14-15-12(17)9(4)7-10(6-2)13(18)19;/h8-10H,5-7H2,1-4H3,(H,14,16)(H,15,17)(H,18,19);/q;+1/p-1. The molecule has 7 heteroatoms. The maximum atomic E-state index is 11.7. The average Bonchev–Trinajstić information content (AvgIpc) is 2.39. The van der Waals surface area contributed by atoms with Crippen LogP contribution in [0.5, 0.6) is 0 Å². The van der Waals surface area contributed by atoms with Gasteiger partial charge in [-0.2, -0.15) is 0 Å². The molecule has 3 unspecified atom stereocenters. The molecule has 0 bridgehead atoms. The summed E-state index contributed by atoms with van der Waals surface area (Å²) in [5.41, 5.74) is 4.65. The average molecular weight is 294 g/mol. The first kappa shape index (κ1) is 21.7. The first-order chi connectivity index (χ1) is 8.83. The third-order valence-electron chi connectivity index (χ3n) is 3.28. The molecule has 0 aliphatic heterocycles. The van der Waals surface area contributed by atoms with Crippen LogP contribution in [0.25, 0.3) is 0 Å². The Morgan fingerprint density at radius 3 is 1.75 bits per heavy atom. The third-order valence-corrected chi connectivity index (χ3v) is 3.28. The number of carboxylic acids is 1. The molecule has 6 nitrogen and oxygen atoms in total. The summed E-state index contributed by atoms with van der Waals surface area (Å²) in [4.78, 5) is 33.9. The van der Waals surface area contributed by atoms with Crippen molar-refractivity contribution in [2.45, 2.75) is 47.0 Å². The predicted molar refractivity (Wildman–Crippen MR) is 68.3 cm³/mol. The molecule has 0 heterocycles. The van der Waals surface area contributed by atoms with E-state index in [1.54, 1.807) is 20.8 Å². The van der Waals surface area contributed by atoms with Gasteiger partial charge < -0.3 is 9.90 Å². The van der Waals surface area contributed by atoms with Gasteiger partial charge in [0.05, 0.1) is 0 Å². The van der Waals surface area contributed by atoms with Gasteiger partial charge in [0.2, 0.25) is 11.8 Å². The van der Waals surface area contributed by atoms with Gasteiger partial charge in [0, 0.05) is 17.8 Å². The summed E-state index contributed by atoms with van der Waals surface area (Å²) >= 11 is 0. The van der Waals surface area contributed by atoms with Crippen LogP contribution < -0.4 is 45.5 Å². The number of hydrazine groups is 1. The minimum atomic E-state index is -1.15. The fourth-order valence-corrected chi connectivity index (χ4v) is 1.52. The Bertz CT molecular complexity index is 336. The van der Waals surface area contributed by atoms with Crippen LogP contribution in [0.4, 0.5) is 0 Å². The molecule has 0 aliphatic rings. The van der Waals surface area contributed by atoms with E-state index in [0.29, 0.717) is 12.8 Å². The van der Waals surface area contributed by atoms with Crippen molar-refractivity contribution in [1.29, 1.82) is 0 Å².